The van der Waals surface area contributed by atoms with E-state index in [9.17, 15) is 14.3 Å². The highest BCUT2D eigenvalue weighted by molar-refractivity contribution is 5.72. The molecule has 114 valence electrons. The first-order valence-corrected chi connectivity index (χ1v) is 7.78. The summed E-state index contributed by atoms with van der Waals surface area (Å²) in [5.74, 6) is -0.344. The molecule has 3 rings (SSSR count). The summed E-state index contributed by atoms with van der Waals surface area (Å²) < 4.78 is 13.7. The second kappa shape index (κ2) is 5.76. The topological polar surface area (TPSA) is 49.3 Å². The Labute approximate surface area is 124 Å². The van der Waals surface area contributed by atoms with Crippen molar-refractivity contribution in [1.82, 2.24) is 5.32 Å². The quantitative estimate of drug-likeness (QED) is 0.877. The van der Waals surface area contributed by atoms with Crippen molar-refractivity contribution < 1.29 is 14.3 Å². The number of rotatable bonds is 5. The van der Waals surface area contributed by atoms with Gasteiger partial charge in [-0.3, -0.25) is 4.79 Å². The van der Waals surface area contributed by atoms with E-state index >= 15 is 0 Å². The summed E-state index contributed by atoms with van der Waals surface area (Å²) in [7, 11) is 0. The van der Waals surface area contributed by atoms with E-state index in [1.54, 1.807) is 12.1 Å². The van der Waals surface area contributed by atoms with E-state index < -0.39 is 5.97 Å². The Balaban J connectivity index is 1.66. The molecule has 3 nitrogen and oxygen atoms in total. The number of fused-ring (bicyclic) bond motifs is 2. The zero-order chi connectivity index (χ0) is 15.0. The van der Waals surface area contributed by atoms with Crippen LogP contribution in [0.25, 0.3) is 0 Å². The zero-order valence-corrected chi connectivity index (χ0v) is 12.3. The molecule has 1 aromatic rings. The summed E-state index contributed by atoms with van der Waals surface area (Å²) in [6.07, 6.45) is 3.79. The maximum atomic E-state index is 13.7. The molecule has 0 aromatic heterocycles. The zero-order valence-electron chi connectivity index (χ0n) is 12.3. The van der Waals surface area contributed by atoms with Gasteiger partial charge in [0.2, 0.25) is 0 Å². The van der Waals surface area contributed by atoms with Crippen molar-refractivity contribution in [3.63, 3.8) is 0 Å². The van der Waals surface area contributed by atoms with Crippen molar-refractivity contribution in [3.05, 3.63) is 35.6 Å². The van der Waals surface area contributed by atoms with Gasteiger partial charge >= 0.3 is 5.97 Å². The summed E-state index contributed by atoms with van der Waals surface area (Å²) in [6, 6.07) is 6.91. The fourth-order valence-corrected chi connectivity index (χ4v) is 4.27. The van der Waals surface area contributed by atoms with Crippen molar-refractivity contribution in [2.45, 2.75) is 44.7 Å². The second-order valence-corrected chi connectivity index (χ2v) is 6.59. The highest BCUT2D eigenvalue weighted by Crippen LogP contribution is 2.48. The molecule has 1 aromatic carbocycles. The standard InChI is InChI=1S/C17H22FNO2/c1-10(8-11-4-2-3-5-14(11)18)19-16-13-7-6-12(9-13)15(16)17(20)21/h2-5,10,12-13,15-16,19H,6-9H2,1H3,(H,20,21). The van der Waals surface area contributed by atoms with Gasteiger partial charge < -0.3 is 10.4 Å². The van der Waals surface area contributed by atoms with Gasteiger partial charge in [0.05, 0.1) is 5.92 Å². The molecule has 0 amide bonds. The van der Waals surface area contributed by atoms with Crippen LogP contribution in [0.3, 0.4) is 0 Å². The van der Waals surface area contributed by atoms with E-state index in [0.29, 0.717) is 23.8 Å². The Bertz CT molecular complexity index is 533. The van der Waals surface area contributed by atoms with E-state index in [0.717, 1.165) is 19.3 Å². The van der Waals surface area contributed by atoms with E-state index in [-0.39, 0.29) is 23.8 Å². The smallest absolute Gasteiger partial charge is 0.308 e. The van der Waals surface area contributed by atoms with E-state index in [4.69, 9.17) is 0 Å². The number of carbonyl (C=O) groups is 1. The van der Waals surface area contributed by atoms with Crippen molar-refractivity contribution in [2.75, 3.05) is 0 Å². The number of hydrogen-bond acceptors (Lipinski definition) is 2. The van der Waals surface area contributed by atoms with Crippen molar-refractivity contribution >= 4 is 5.97 Å². The lowest BCUT2D eigenvalue weighted by Gasteiger charge is -2.31. The normalized spacial score (nSPS) is 32.3. The van der Waals surface area contributed by atoms with Crippen molar-refractivity contribution in [1.29, 1.82) is 0 Å². The molecule has 4 heteroatoms. The Hall–Kier alpha value is -1.42. The Morgan fingerprint density at radius 3 is 2.81 bits per heavy atom. The molecule has 0 spiro atoms. The van der Waals surface area contributed by atoms with Crippen LogP contribution >= 0.6 is 0 Å². The monoisotopic (exact) mass is 291 g/mol. The third-order valence-electron chi connectivity index (χ3n) is 5.16. The van der Waals surface area contributed by atoms with Gasteiger partial charge in [-0.1, -0.05) is 18.2 Å². The van der Waals surface area contributed by atoms with Gasteiger partial charge in [0.15, 0.2) is 0 Å². The van der Waals surface area contributed by atoms with Gasteiger partial charge in [-0.15, -0.1) is 0 Å². The maximum Gasteiger partial charge on any atom is 0.308 e. The van der Waals surface area contributed by atoms with Crippen LogP contribution in [0.4, 0.5) is 4.39 Å². The van der Waals surface area contributed by atoms with Gasteiger partial charge in [0.25, 0.3) is 0 Å². The maximum absolute atomic E-state index is 13.7. The van der Waals surface area contributed by atoms with Crippen LogP contribution in [-0.2, 0) is 11.2 Å². The minimum Gasteiger partial charge on any atom is -0.481 e. The summed E-state index contributed by atoms with van der Waals surface area (Å²) in [4.78, 5) is 11.5. The van der Waals surface area contributed by atoms with Crippen LogP contribution in [-0.4, -0.2) is 23.2 Å². The number of halogens is 1. The van der Waals surface area contributed by atoms with Crippen molar-refractivity contribution in [3.8, 4) is 0 Å². The van der Waals surface area contributed by atoms with E-state index in [1.807, 2.05) is 13.0 Å². The van der Waals surface area contributed by atoms with Gasteiger partial charge in [-0.25, -0.2) is 4.39 Å². The second-order valence-electron chi connectivity index (χ2n) is 6.59. The molecular weight excluding hydrogens is 269 g/mol. The SMILES string of the molecule is CC(Cc1ccccc1F)NC1C2CCC(C2)C1C(=O)O. The molecule has 2 saturated carbocycles. The molecule has 0 saturated heterocycles. The lowest BCUT2D eigenvalue weighted by atomic mass is 9.84. The molecule has 2 N–H and O–H groups in total. The lowest BCUT2D eigenvalue weighted by molar-refractivity contribution is -0.144. The molecule has 2 aliphatic carbocycles. The Kier molecular flexibility index (Phi) is 3.98. The fourth-order valence-electron chi connectivity index (χ4n) is 4.27. The predicted octanol–water partition coefficient (Wildman–Crippen LogP) is 2.85. The summed E-state index contributed by atoms with van der Waals surface area (Å²) >= 11 is 0. The number of carboxylic acids is 1. The first kappa shape index (κ1) is 14.5. The largest absolute Gasteiger partial charge is 0.481 e. The third kappa shape index (κ3) is 2.82. The van der Waals surface area contributed by atoms with Crippen LogP contribution in [0.1, 0.15) is 31.7 Å². The number of aliphatic carboxylic acids is 1. The predicted molar refractivity (Wildman–Crippen MR) is 78.4 cm³/mol. The highest BCUT2D eigenvalue weighted by Gasteiger charge is 2.51. The summed E-state index contributed by atoms with van der Waals surface area (Å²) in [6.45, 7) is 2.01. The molecule has 0 heterocycles. The number of hydrogen-bond donors (Lipinski definition) is 2. The molecule has 2 fully saturated rings. The molecule has 5 unspecified atom stereocenters. The molecule has 2 aliphatic rings. The van der Waals surface area contributed by atoms with Crippen LogP contribution in [0.15, 0.2) is 24.3 Å². The molecule has 0 aliphatic heterocycles. The Morgan fingerprint density at radius 1 is 1.38 bits per heavy atom. The number of nitrogens with one attached hydrogen (secondary N) is 1. The molecule has 2 bridgehead atoms. The minimum atomic E-state index is -0.683. The van der Waals surface area contributed by atoms with Crippen LogP contribution in [0, 0.1) is 23.6 Å². The highest BCUT2D eigenvalue weighted by atomic mass is 19.1. The fraction of sp³-hybridized carbons (Fsp3) is 0.588. The van der Waals surface area contributed by atoms with Crippen LogP contribution in [0.2, 0.25) is 0 Å². The van der Waals surface area contributed by atoms with Gasteiger partial charge in [0, 0.05) is 12.1 Å². The van der Waals surface area contributed by atoms with Crippen LogP contribution < -0.4 is 5.32 Å². The molecular formula is C17H22FNO2. The Morgan fingerprint density at radius 2 is 2.10 bits per heavy atom. The minimum absolute atomic E-state index is 0.0445. The van der Waals surface area contributed by atoms with Gasteiger partial charge in [0.1, 0.15) is 5.82 Å². The lowest BCUT2D eigenvalue weighted by Crippen LogP contribution is -2.48. The van der Waals surface area contributed by atoms with Gasteiger partial charge in [-0.05, 0) is 56.1 Å². The molecule has 5 atom stereocenters. The van der Waals surface area contributed by atoms with E-state index in [2.05, 4.69) is 5.32 Å². The molecule has 0 radical (unpaired) electrons. The first-order valence-electron chi connectivity index (χ1n) is 7.78. The van der Waals surface area contributed by atoms with Crippen LogP contribution in [0.5, 0.6) is 0 Å². The van der Waals surface area contributed by atoms with Crippen molar-refractivity contribution in [2.24, 2.45) is 17.8 Å². The van der Waals surface area contributed by atoms with Gasteiger partial charge in [-0.2, -0.15) is 0 Å². The number of benzene rings is 1. The number of carboxylic acid groups (broad SMARTS) is 1. The van der Waals surface area contributed by atoms with E-state index in [1.165, 1.54) is 6.07 Å². The third-order valence-corrected chi connectivity index (χ3v) is 5.16. The summed E-state index contributed by atoms with van der Waals surface area (Å²) in [5, 5.41) is 12.9. The summed E-state index contributed by atoms with van der Waals surface area (Å²) in [5.41, 5.74) is 0.688. The first-order chi connectivity index (χ1) is 10.1. The average Bonchev–Trinajstić information content (AvgIpc) is 3.02. The average molecular weight is 291 g/mol. The molecule has 21 heavy (non-hydrogen) atoms.